The zero-order valence-electron chi connectivity index (χ0n) is 10.9. The van der Waals surface area contributed by atoms with Crippen molar-refractivity contribution in [3.63, 3.8) is 0 Å². The smallest absolute Gasteiger partial charge is 0.0613 e. The molecule has 17 heavy (non-hydrogen) atoms. The first-order chi connectivity index (χ1) is 8.29. The summed E-state index contributed by atoms with van der Waals surface area (Å²) in [6.07, 6.45) is 7.89. The van der Waals surface area contributed by atoms with Gasteiger partial charge < -0.3 is 10.1 Å². The predicted octanol–water partition coefficient (Wildman–Crippen LogP) is 1.37. The Morgan fingerprint density at radius 1 is 1.59 bits per heavy atom. The lowest BCUT2D eigenvalue weighted by Crippen LogP contribution is -2.29. The van der Waals surface area contributed by atoms with Gasteiger partial charge in [0.25, 0.3) is 0 Å². The highest BCUT2D eigenvalue weighted by molar-refractivity contribution is 5.03. The van der Waals surface area contributed by atoms with Crippen LogP contribution >= 0.6 is 0 Å². The van der Waals surface area contributed by atoms with Gasteiger partial charge in [-0.15, -0.1) is 0 Å². The minimum absolute atomic E-state index is 0.473. The van der Waals surface area contributed by atoms with Gasteiger partial charge in [-0.2, -0.15) is 5.10 Å². The minimum Gasteiger partial charge on any atom is -0.378 e. The van der Waals surface area contributed by atoms with Gasteiger partial charge in [-0.1, -0.05) is 6.92 Å². The molecule has 1 N–H and O–H groups in total. The van der Waals surface area contributed by atoms with Crippen LogP contribution in [0.2, 0.25) is 0 Å². The molecule has 2 heterocycles. The molecule has 4 nitrogen and oxygen atoms in total. The fraction of sp³-hybridized carbons (Fsp3) is 0.769. The summed E-state index contributed by atoms with van der Waals surface area (Å²) in [6.45, 7) is 5.25. The highest BCUT2D eigenvalue weighted by atomic mass is 16.5. The Hall–Kier alpha value is -0.870. The average molecular weight is 237 g/mol. The normalized spacial score (nSPS) is 24.4. The van der Waals surface area contributed by atoms with Gasteiger partial charge in [0.05, 0.1) is 12.3 Å². The molecule has 2 rings (SSSR count). The molecular weight excluding hydrogens is 214 g/mol. The molecule has 0 aliphatic carbocycles. The molecule has 1 aliphatic rings. The van der Waals surface area contributed by atoms with Crippen molar-refractivity contribution in [1.29, 1.82) is 0 Å². The largest absolute Gasteiger partial charge is 0.378 e. The second-order valence-corrected chi connectivity index (χ2v) is 4.84. The summed E-state index contributed by atoms with van der Waals surface area (Å²) in [5.41, 5.74) is 1.30. The molecule has 1 saturated heterocycles. The highest BCUT2D eigenvalue weighted by Gasteiger charge is 2.25. The number of hydrogen-bond acceptors (Lipinski definition) is 3. The lowest BCUT2D eigenvalue weighted by Gasteiger charge is -2.17. The van der Waals surface area contributed by atoms with E-state index in [0.29, 0.717) is 12.0 Å². The number of rotatable bonds is 6. The van der Waals surface area contributed by atoms with Crippen molar-refractivity contribution >= 4 is 0 Å². The van der Waals surface area contributed by atoms with Crippen molar-refractivity contribution in [3.05, 3.63) is 18.0 Å². The summed E-state index contributed by atoms with van der Waals surface area (Å²) >= 11 is 0. The fourth-order valence-corrected chi connectivity index (χ4v) is 2.50. The molecule has 0 aromatic carbocycles. The van der Waals surface area contributed by atoms with Gasteiger partial charge in [0, 0.05) is 26.4 Å². The van der Waals surface area contributed by atoms with E-state index in [-0.39, 0.29) is 0 Å². The summed E-state index contributed by atoms with van der Waals surface area (Å²) in [7, 11) is 1.96. The molecule has 1 aromatic heterocycles. The van der Waals surface area contributed by atoms with E-state index in [9.17, 15) is 0 Å². The molecule has 1 aliphatic heterocycles. The Balaban J connectivity index is 1.63. The maximum atomic E-state index is 5.68. The molecule has 0 spiro atoms. The molecule has 1 fully saturated rings. The van der Waals surface area contributed by atoms with E-state index in [2.05, 4.69) is 23.5 Å². The number of hydrogen-bond donors (Lipinski definition) is 1. The minimum atomic E-state index is 0.473. The second-order valence-electron chi connectivity index (χ2n) is 4.84. The van der Waals surface area contributed by atoms with Crippen molar-refractivity contribution in [2.45, 2.75) is 32.3 Å². The topological polar surface area (TPSA) is 39.1 Å². The van der Waals surface area contributed by atoms with Gasteiger partial charge in [-0.3, -0.25) is 4.68 Å². The van der Waals surface area contributed by atoms with Crippen LogP contribution in [0, 0.1) is 5.92 Å². The van der Waals surface area contributed by atoms with Crippen LogP contribution in [0.25, 0.3) is 0 Å². The Labute approximate surface area is 103 Å². The van der Waals surface area contributed by atoms with Gasteiger partial charge in [0.1, 0.15) is 0 Å². The third kappa shape index (κ3) is 3.54. The molecule has 96 valence electrons. The summed E-state index contributed by atoms with van der Waals surface area (Å²) in [4.78, 5) is 0. The van der Waals surface area contributed by atoms with Gasteiger partial charge >= 0.3 is 0 Å². The molecule has 0 radical (unpaired) electrons. The number of nitrogens with zero attached hydrogens (tertiary/aromatic N) is 2. The highest BCUT2D eigenvalue weighted by Crippen LogP contribution is 2.22. The summed E-state index contributed by atoms with van der Waals surface area (Å²) in [5.74, 6) is 0.703. The van der Waals surface area contributed by atoms with Crippen LogP contribution in [0.3, 0.4) is 0 Å². The van der Waals surface area contributed by atoms with Crippen molar-refractivity contribution in [2.24, 2.45) is 13.0 Å². The predicted molar refractivity (Wildman–Crippen MR) is 67.9 cm³/mol. The van der Waals surface area contributed by atoms with Gasteiger partial charge in [0.2, 0.25) is 0 Å². The van der Waals surface area contributed by atoms with Crippen LogP contribution in [-0.2, 0) is 18.2 Å². The maximum absolute atomic E-state index is 5.68. The molecule has 0 bridgehead atoms. The second kappa shape index (κ2) is 6.17. The van der Waals surface area contributed by atoms with Crippen LogP contribution < -0.4 is 5.32 Å². The number of aromatic nitrogens is 2. The third-order valence-corrected chi connectivity index (χ3v) is 3.50. The monoisotopic (exact) mass is 237 g/mol. The van der Waals surface area contributed by atoms with Crippen molar-refractivity contribution < 1.29 is 4.74 Å². The molecular formula is C13H23N3O. The van der Waals surface area contributed by atoms with E-state index in [1.807, 2.05) is 17.9 Å². The quantitative estimate of drug-likeness (QED) is 0.760. The van der Waals surface area contributed by atoms with Crippen LogP contribution in [0.1, 0.15) is 25.3 Å². The zero-order chi connectivity index (χ0) is 12.1. The van der Waals surface area contributed by atoms with E-state index in [0.717, 1.165) is 32.5 Å². The van der Waals surface area contributed by atoms with Crippen LogP contribution in [-0.4, -0.2) is 35.6 Å². The van der Waals surface area contributed by atoms with Crippen molar-refractivity contribution in [3.8, 4) is 0 Å². The first-order valence-electron chi connectivity index (χ1n) is 6.59. The SMILES string of the molecule is CCC1OCCC1CNCCc1cnn(C)c1. The first-order valence-corrected chi connectivity index (χ1v) is 6.59. The summed E-state index contributed by atoms with van der Waals surface area (Å²) in [5, 5.41) is 7.70. The Morgan fingerprint density at radius 3 is 3.18 bits per heavy atom. The molecule has 2 atom stereocenters. The number of ether oxygens (including phenoxy) is 1. The maximum Gasteiger partial charge on any atom is 0.0613 e. The Kier molecular flexibility index (Phi) is 4.57. The van der Waals surface area contributed by atoms with Crippen LogP contribution in [0.4, 0.5) is 0 Å². The van der Waals surface area contributed by atoms with Crippen molar-refractivity contribution in [1.82, 2.24) is 15.1 Å². The van der Waals surface area contributed by atoms with E-state index in [1.54, 1.807) is 0 Å². The molecule has 1 aromatic rings. The lowest BCUT2D eigenvalue weighted by molar-refractivity contribution is 0.0873. The molecule has 4 heteroatoms. The van der Waals surface area contributed by atoms with E-state index < -0.39 is 0 Å². The van der Waals surface area contributed by atoms with Crippen molar-refractivity contribution in [2.75, 3.05) is 19.7 Å². The number of aryl methyl sites for hydroxylation is 1. The first kappa shape index (κ1) is 12.6. The fourth-order valence-electron chi connectivity index (χ4n) is 2.50. The van der Waals surface area contributed by atoms with Crippen LogP contribution in [0.5, 0.6) is 0 Å². The lowest BCUT2D eigenvalue weighted by atomic mass is 10.00. The molecule has 2 unspecified atom stereocenters. The van der Waals surface area contributed by atoms with E-state index in [1.165, 1.54) is 12.0 Å². The Morgan fingerprint density at radius 2 is 2.47 bits per heavy atom. The third-order valence-electron chi connectivity index (χ3n) is 3.50. The zero-order valence-corrected chi connectivity index (χ0v) is 10.9. The van der Waals surface area contributed by atoms with Gasteiger partial charge in [0.15, 0.2) is 0 Å². The summed E-state index contributed by atoms with van der Waals surface area (Å²) in [6, 6.07) is 0. The summed E-state index contributed by atoms with van der Waals surface area (Å²) < 4.78 is 7.53. The Bertz CT molecular complexity index is 337. The van der Waals surface area contributed by atoms with Gasteiger partial charge in [-0.25, -0.2) is 0 Å². The molecule has 0 amide bonds. The van der Waals surface area contributed by atoms with E-state index >= 15 is 0 Å². The van der Waals surface area contributed by atoms with Crippen LogP contribution in [0.15, 0.2) is 12.4 Å². The van der Waals surface area contributed by atoms with Gasteiger partial charge in [-0.05, 0) is 37.3 Å². The number of nitrogens with one attached hydrogen (secondary N) is 1. The average Bonchev–Trinajstić information content (AvgIpc) is 2.93. The molecule has 0 saturated carbocycles. The van der Waals surface area contributed by atoms with E-state index in [4.69, 9.17) is 4.74 Å². The standard InChI is InChI=1S/C13H23N3O/c1-3-13-12(5-7-17-13)9-14-6-4-11-8-15-16(2)10-11/h8,10,12-14H,3-7,9H2,1-2H3.